The minimum absolute atomic E-state index is 0.196. The second-order valence-electron chi connectivity index (χ2n) is 16.1. The van der Waals surface area contributed by atoms with Gasteiger partial charge in [0.25, 0.3) is 0 Å². The van der Waals surface area contributed by atoms with Crippen molar-refractivity contribution in [2.45, 2.75) is 19.3 Å². The first-order valence-corrected chi connectivity index (χ1v) is 20.7. The van der Waals surface area contributed by atoms with E-state index in [1.54, 1.807) is 0 Å². The van der Waals surface area contributed by atoms with Gasteiger partial charge in [-0.2, -0.15) is 0 Å². The van der Waals surface area contributed by atoms with Crippen LogP contribution in [0.1, 0.15) is 25.0 Å². The van der Waals surface area contributed by atoms with Gasteiger partial charge in [0.1, 0.15) is 0 Å². The van der Waals surface area contributed by atoms with Crippen LogP contribution in [-0.4, -0.2) is 0 Å². The molecule has 1 aliphatic heterocycles. The van der Waals surface area contributed by atoms with Crippen LogP contribution < -0.4 is 4.90 Å². The number of fused-ring (bicyclic) bond motifs is 13. The van der Waals surface area contributed by atoms with Gasteiger partial charge in [-0.1, -0.05) is 159 Å². The Morgan fingerprint density at radius 3 is 1.93 bits per heavy atom. The predicted molar refractivity (Wildman–Crippen MR) is 244 cm³/mol. The molecule has 1 nitrogen and oxygen atoms in total. The third-order valence-electron chi connectivity index (χ3n) is 12.6. The molecule has 0 atom stereocenters. The van der Waals surface area contributed by atoms with Gasteiger partial charge in [-0.3, -0.25) is 0 Å². The highest BCUT2D eigenvalue weighted by atomic mass is 32.1. The first-order chi connectivity index (χ1) is 28.0. The topological polar surface area (TPSA) is 3.24 Å². The fraction of sp³-hybridized carbons (Fsp3) is 0.0545. The molecular weight excluding hydrogens is 707 g/mol. The first-order valence-electron chi connectivity index (χ1n) is 19.8. The molecule has 0 radical (unpaired) electrons. The maximum Gasteiger partial charge on any atom is 0.0719 e. The fourth-order valence-corrected chi connectivity index (χ4v) is 11.0. The van der Waals surface area contributed by atoms with Crippen molar-refractivity contribution in [1.29, 1.82) is 0 Å². The number of benzene rings is 9. The minimum Gasteiger partial charge on any atom is -0.308 e. The molecule has 1 aliphatic carbocycles. The van der Waals surface area contributed by atoms with Crippen molar-refractivity contribution >= 4 is 59.3 Å². The van der Waals surface area contributed by atoms with Gasteiger partial charge in [0.05, 0.1) is 16.1 Å². The van der Waals surface area contributed by atoms with E-state index in [1.165, 1.54) is 115 Å². The Morgan fingerprint density at radius 1 is 0.404 bits per heavy atom. The van der Waals surface area contributed by atoms with Crippen molar-refractivity contribution in [3.8, 4) is 55.6 Å². The number of para-hydroxylation sites is 1. The van der Waals surface area contributed by atoms with E-state index in [9.17, 15) is 0 Å². The molecule has 0 saturated heterocycles. The molecule has 2 heterocycles. The van der Waals surface area contributed by atoms with Crippen LogP contribution in [0.2, 0.25) is 0 Å². The zero-order chi connectivity index (χ0) is 37.8. The van der Waals surface area contributed by atoms with E-state index in [0.29, 0.717) is 0 Å². The standard InChI is InChI=1S/C55H37NS/c1-55(2)49-32-39(37-21-20-35-14-6-7-15-36(35)30-37)23-26-42(49)43-27-24-40(33-50(43)55)56-51-18-10-8-16-44(51)41-25-22-38(34-12-4-3-5-13-34)31-48(41)46-28-29-47-45-17-9-11-19-52(45)57-54(47)53(46)56/h3-33H,1-2H3. The zero-order valence-electron chi connectivity index (χ0n) is 31.8. The lowest BCUT2D eigenvalue weighted by Gasteiger charge is -2.30. The van der Waals surface area contributed by atoms with Crippen LogP contribution in [0, 0.1) is 0 Å². The second-order valence-corrected chi connectivity index (χ2v) is 17.1. The van der Waals surface area contributed by atoms with Gasteiger partial charge in [0, 0.05) is 37.7 Å². The Bertz CT molecular complexity index is 3280. The van der Waals surface area contributed by atoms with Crippen LogP contribution in [0.5, 0.6) is 0 Å². The summed E-state index contributed by atoms with van der Waals surface area (Å²) in [5, 5.41) is 5.15. The Hall–Kier alpha value is -6.74. The summed E-state index contributed by atoms with van der Waals surface area (Å²) in [6.45, 7) is 4.81. The lowest BCUT2D eigenvalue weighted by molar-refractivity contribution is 0.660. The van der Waals surface area contributed by atoms with Crippen molar-refractivity contribution in [3.63, 3.8) is 0 Å². The van der Waals surface area contributed by atoms with Gasteiger partial charge in [-0.05, 0) is 109 Å². The van der Waals surface area contributed by atoms with E-state index in [0.717, 1.165) is 0 Å². The number of thiophene rings is 1. The summed E-state index contributed by atoms with van der Waals surface area (Å²) in [5.41, 5.74) is 18.8. The van der Waals surface area contributed by atoms with Crippen molar-refractivity contribution in [2.75, 3.05) is 4.90 Å². The SMILES string of the molecule is CC1(C)c2cc(-c3ccc4ccccc4c3)ccc2-c2ccc(N3c4ccccc4-c4ccc(-c5ccccc5)cc4-c4ccc5c(sc6ccccc65)c43)cc21. The van der Waals surface area contributed by atoms with Crippen LogP contribution in [0.3, 0.4) is 0 Å². The summed E-state index contributed by atoms with van der Waals surface area (Å²) < 4.78 is 2.62. The molecule has 1 aromatic heterocycles. The van der Waals surface area contributed by atoms with Crippen molar-refractivity contribution in [2.24, 2.45) is 0 Å². The molecule has 268 valence electrons. The summed E-state index contributed by atoms with van der Waals surface area (Å²) in [6.07, 6.45) is 0. The lowest BCUT2D eigenvalue weighted by atomic mass is 9.81. The monoisotopic (exact) mass is 743 g/mol. The van der Waals surface area contributed by atoms with E-state index in [1.807, 2.05) is 11.3 Å². The molecule has 2 aliphatic rings. The molecule has 0 N–H and O–H groups in total. The maximum atomic E-state index is 2.57. The van der Waals surface area contributed by atoms with E-state index >= 15 is 0 Å². The quantitative estimate of drug-likeness (QED) is 0.174. The number of anilines is 3. The Labute approximate surface area is 336 Å². The van der Waals surface area contributed by atoms with E-state index in [-0.39, 0.29) is 5.41 Å². The Morgan fingerprint density at radius 2 is 1.05 bits per heavy atom. The highest BCUT2D eigenvalue weighted by molar-refractivity contribution is 7.26. The van der Waals surface area contributed by atoms with E-state index in [2.05, 4.69) is 207 Å². The first kappa shape index (κ1) is 32.5. The molecular formula is C55H37NS. The Kier molecular flexibility index (Phi) is 6.91. The fourth-order valence-electron chi connectivity index (χ4n) is 9.72. The van der Waals surface area contributed by atoms with Gasteiger partial charge >= 0.3 is 0 Å². The largest absolute Gasteiger partial charge is 0.308 e. The molecule has 0 unspecified atom stereocenters. The molecule has 57 heavy (non-hydrogen) atoms. The molecule has 0 fully saturated rings. The molecule has 2 heteroatoms. The summed E-state index contributed by atoms with van der Waals surface area (Å²) in [5.74, 6) is 0. The third kappa shape index (κ3) is 4.81. The second kappa shape index (κ2) is 12.1. The third-order valence-corrected chi connectivity index (χ3v) is 13.8. The average Bonchev–Trinajstić information content (AvgIpc) is 3.71. The van der Waals surface area contributed by atoms with Crippen LogP contribution >= 0.6 is 11.3 Å². The smallest absolute Gasteiger partial charge is 0.0719 e. The molecule has 0 bridgehead atoms. The normalized spacial score (nSPS) is 13.5. The molecule has 0 spiro atoms. The summed E-state index contributed by atoms with van der Waals surface area (Å²) >= 11 is 1.91. The summed E-state index contributed by atoms with van der Waals surface area (Å²) in [6, 6.07) is 70.2. The highest BCUT2D eigenvalue weighted by Crippen LogP contribution is 2.57. The molecule has 9 aromatic carbocycles. The van der Waals surface area contributed by atoms with Gasteiger partial charge in [0.2, 0.25) is 0 Å². The zero-order valence-corrected chi connectivity index (χ0v) is 32.6. The van der Waals surface area contributed by atoms with Crippen molar-refractivity contribution in [3.05, 3.63) is 199 Å². The summed E-state index contributed by atoms with van der Waals surface area (Å²) in [4.78, 5) is 2.57. The molecule has 10 aromatic rings. The number of rotatable bonds is 3. The number of hydrogen-bond donors (Lipinski definition) is 0. The van der Waals surface area contributed by atoms with Crippen LogP contribution in [0.15, 0.2) is 188 Å². The number of hydrogen-bond acceptors (Lipinski definition) is 2. The summed E-state index contributed by atoms with van der Waals surface area (Å²) in [7, 11) is 0. The van der Waals surface area contributed by atoms with Crippen molar-refractivity contribution in [1.82, 2.24) is 0 Å². The van der Waals surface area contributed by atoms with E-state index < -0.39 is 0 Å². The molecule has 0 saturated carbocycles. The van der Waals surface area contributed by atoms with Crippen LogP contribution in [-0.2, 0) is 5.41 Å². The van der Waals surface area contributed by atoms with Gasteiger partial charge in [0.15, 0.2) is 0 Å². The van der Waals surface area contributed by atoms with Crippen LogP contribution in [0.25, 0.3) is 86.6 Å². The number of nitrogens with zero attached hydrogens (tertiary/aromatic N) is 1. The van der Waals surface area contributed by atoms with Crippen molar-refractivity contribution < 1.29 is 0 Å². The molecule has 0 amide bonds. The average molecular weight is 744 g/mol. The maximum absolute atomic E-state index is 2.57. The Balaban J connectivity index is 1.08. The van der Waals surface area contributed by atoms with Gasteiger partial charge in [-0.25, -0.2) is 0 Å². The highest BCUT2D eigenvalue weighted by Gasteiger charge is 2.37. The van der Waals surface area contributed by atoms with Crippen LogP contribution in [0.4, 0.5) is 17.1 Å². The minimum atomic E-state index is -0.196. The van der Waals surface area contributed by atoms with Gasteiger partial charge < -0.3 is 4.90 Å². The molecule has 12 rings (SSSR count). The lowest BCUT2D eigenvalue weighted by Crippen LogP contribution is -2.17. The van der Waals surface area contributed by atoms with E-state index in [4.69, 9.17) is 0 Å². The predicted octanol–water partition coefficient (Wildman–Crippen LogP) is 16.0. The van der Waals surface area contributed by atoms with Gasteiger partial charge in [-0.15, -0.1) is 11.3 Å².